The van der Waals surface area contributed by atoms with Crippen LogP contribution in [0.4, 0.5) is 0 Å². The molecule has 0 N–H and O–H groups in total. The highest BCUT2D eigenvalue weighted by Gasteiger charge is 2.22. The van der Waals surface area contributed by atoms with Crippen LogP contribution < -0.4 is 0 Å². The van der Waals surface area contributed by atoms with Gasteiger partial charge in [0.15, 0.2) is 0 Å². The molecular weight excluding hydrogens is 168 g/mol. The van der Waals surface area contributed by atoms with Gasteiger partial charge in [0.1, 0.15) is 0 Å². The molecule has 0 heteroatoms. The van der Waals surface area contributed by atoms with E-state index in [1.807, 2.05) is 0 Å². The highest BCUT2D eigenvalue weighted by atomic mass is 14.3. The van der Waals surface area contributed by atoms with Gasteiger partial charge in [0.05, 0.1) is 0 Å². The summed E-state index contributed by atoms with van der Waals surface area (Å²) in [6.45, 7) is 4.52. The van der Waals surface area contributed by atoms with Crippen molar-refractivity contribution in [3.8, 4) is 0 Å². The summed E-state index contributed by atoms with van der Waals surface area (Å²) in [6, 6.07) is 10.1. The Morgan fingerprint density at radius 1 is 1.21 bits per heavy atom. The quantitative estimate of drug-likeness (QED) is 0.621. The van der Waals surface area contributed by atoms with Crippen LogP contribution in [-0.4, -0.2) is 0 Å². The van der Waals surface area contributed by atoms with Gasteiger partial charge < -0.3 is 0 Å². The van der Waals surface area contributed by atoms with E-state index in [0.717, 1.165) is 11.8 Å². The van der Waals surface area contributed by atoms with Gasteiger partial charge in [-0.2, -0.15) is 0 Å². The van der Waals surface area contributed by atoms with Crippen molar-refractivity contribution in [3.63, 3.8) is 0 Å². The van der Waals surface area contributed by atoms with E-state index in [1.165, 1.54) is 36.8 Å². The maximum Gasteiger partial charge on any atom is -0.0114 e. The Bertz CT molecular complexity index is 301. The minimum absolute atomic E-state index is 0.767. The molecule has 1 aliphatic rings. The predicted molar refractivity (Wildman–Crippen MR) is 60.4 cm³/mol. The lowest BCUT2D eigenvalue weighted by molar-refractivity contribution is 0.330. The molecule has 0 bridgehead atoms. The number of rotatable bonds is 1. The van der Waals surface area contributed by atoms with Gasteiger partial charge in [0, 0.05) is 0 Å². The lowest BCUT2D eigenvalue weighted by atomic mass is 9.76. The third kappa shape index (κ3) is 2.00. The van der Waals surface area contributed by atoms with Crippen molar-refractivity contribution in [2.24, 2.45) is 5.92 Å². The predicted octanol–water partition coefficient (Wildman–Crippen LogP) is 4.09. The molecule has 0 aliphatic heterocycles. The fourth-order valence-electron chi connectivity index (χ4n) is 2.60. The van der Waals surface area contributed by atoms with Gasteiger partial charge in [-0.1, -0.05) is 44.4 Å². The Labute approximate surface area is 87.3 Å². The third-order valence-corrected chi connectivity index (χ3v) is 3.47. The molecule has 2 unspecified atom stereocenters. The molecule has 0 spiro atoms. The molecule has 0 aromatic heterocycles. The molecule has 75 valence electrons. The van der Waals surface area contributed by atoms with Crippen molar-refractivity contribution >= 4 is 0 Å². The zero-order chi connectivity index (χ0) is 9.97. The van der Waals surface area contributed by atoms with Crippen molar-refractivity contribution in [1.82, 2.24) is 0 Å². The second-order valence-electron chi connectivity index (χ2n) is 4.66. The van der Waals surface area contributed by atoms with Crippen LogP contribution in [0.5, 0.6) is 0 Å². The van der Waals surface area contributed by atoms with Crippen molar-refractivity contribution < 1.29 is 0 Å². The summed E-state index contributed by atoms with van der Waals surface area (Å²) in [5, 5.41) is 0. The molecular formula is C14H19. The third-order valence-electron chi connectivity index (χ3n) is 3.47. The second kappa shape index (κ2) is 4.16. The highest BCUT2D eigenvalue weighted by molar-refractivity contribution is 5.24. The fourth-order valence-corrected chi connectivity index (χ4v) is 2.60. The van der Waals surface area contributed by atoms with Gasteiger partial charge in [0.2, 0.25) is 0 Å². The van der Waals surface area contributed by atoms with Gasteiger partial charge >= 0.3 is 0 Å². The molecule has 2 rings (SSSR count). The first-order chi connectivity index (χ1) is 6.77. The van der Waals surface area contributed by atoms with Gasteiger partial charge in [-0.05, 0) is 42.4 Å². The number of benzene rings is 1. The maximum absolute atomic E-state index is 3.51. The lowest BCUT2D eigenvalue weighted by Crippen LogP contribution is -2.14. The van der Waals surface area contributed by atoms with E-state index in [4.69, 9.17) is 0 Å². The average Bonchev–Trinajstić information content (AvgIpc) is 2.18. The Kier molecular flexibility index (Phi) is 2.90. The maximum atomic E-state index is 3.51. The van der Waals surface area contributed by atoms with E-state index in [2.05, 4.69) is 38.1 Å². The average molecular weight is 187 g/mol. The van der Waals surface area contributed by atoms with Gasteiger partial charge in [-0.15, -0.1) is 0 Å². The molecule has 0 saturated heterocycles. The topological polar surface area (TPSA) is 0 Å². The van der Waals surface area contributed by atoms with E-state index >= 15 is 0 Å². The Balaban J connectivity index is 2.20. The summed E-state index contributed by atoms with van der Waals surface area (Å²) < 4.78 is 0. The van der Waals surface area contributed by atoms with E-state index in [0.29, 0.717) is 0 Å². The summed E-state index contributed by atoms with van der Waals surface area (Å²) in [6.07, 6.45) is 5.58. The van der Waals surface area contributed by atoms with Crippen LogP contribution in [-0.2, 0) is 0 Å². The summed E-state index contributed by atoms with van der Waals surface area (Å²) in [5.74, 6) is 1.62. The molecule has 0 amide bonds. The standard InChI is InChI=1S/C14H19/c1-11-6-5-8-13(10-11)14-9-4-3-7-12(14)2/h5-6,8,12,14H,3-4,7,9H2,1-2H3. The van der Waals surface area contributed by atoms with Crippen LogP contribution in [0.25, 0.3) is 0 Å². The van der Waals surface area contributed by atoms with Gasteiger partial charge in [0.25, 0.3) is 0 Å². The Hall–Kier alpha value is -0.780. The number of aryl methyl sites for hydroxylation is 1. The highest BCUT2D eigenvalue weighted by Crippen LogP contribution is 2.37. The number of hydrogen-bond donors (Lipinski definition) is 0. The molecule has 0 nitrogen and oxygen atoms in total. The SMILES string of the molecule is Cc1[c]c(C2CCCCC2C)ccc1. The molecule has 0 heterocycles. The van der Waals surface area contributed by atoms with Crippen LogP contribution in [0, 0.1) is 18.9 Å². The van der Waals surface area contributed by atoms with E-state index in [-0.39, 0.29) is 0 Å². The first kappa shape index (κ1) is 9.76. The molecule has 1 saturated carbocycles. The summed E-state index contributed by atoms with van der Waals surface area (Å²) in [7, 11) is 0. The smallest absolute Gasteiger partial charge is 0.0114 e. The zero-order valence-electron chi connectivity index (χ0n) is 9.22. The minimum atomic E-state index is 0.767. The molecule has 1 aliphatic carbocycles. The molecule has 1 radical (unpaired) electrons. The molecule has 1 aromatic carbocycles. The summed E-state index contributed by atoms with van der Waals surface area (Å²) in [4.78, 5) is 0. The monoisotopic (exact) mass is 187 g/mol. The normalized spacial score (nSPS) is 27.6. The van der Waals surface area contributed by atoms with E-state index < -0.39 is 0 Å². The van der Waals surface area contributed by atoms with Gasteiger partial charge in [-0.25, -0.2) is 0 Å². The van der Waals surface area contributed by atoms with Crippen molar-refractivity contribution in [1.29, 1.82) is 0 Å². The first-order valence-electron chi connectivity index (χ1n) is 5.76. The van der Waals surface area contributed by atoms with E-state index in [1.54, 1.807) is 0 Å². The fraction of sp³-hybridized carbons (Fsp3) is 0.571. The zero-order valence-corrected chi connectivity index (χ0v) is 9.22. The largest absolute Gasteiger partial charge is 0.0619 e. The summed E-state index contributed by atoms with van der Waals surface area (Å²) >= 11 is 0. The molecule has 1 fully saturated rings. The van der Waals surface area contributed by atoms with E-state index in [9.17, 15) is 0 Å². The summed E-state index contributed by atoms with van der Waals surface area (Å²) in [5.41, 5.74) is 2.72. The van der Waals surface area contributed by atoms with Crippen LogP contribution >= 0.6 is 0 Å². The lowest BCUT2D eigenvalue weighted by Gasteiger charge is -2.29. The van der Waals surface area contributed by atoms with Gasteiger partial charge in [-0.3, -0.25) is 0 Å². The van der Waals surface area contributed by atoms with Crippen LogP contribution in [0.3, 0.4) is 0 Å². The van der Waals surface area contributed by atoms with Crippen LogP contribution in [0.1, 0.15) is 49.7 Å². The Morgan fingerprint density at radius 3 is 2.71 bits per heavy atom. The number of hydrogen-bond acceptors (Lipinski definition) is 0. The minimum Gasteiger partial charge on any atom is -0.0619 e. The van der Waals surface area contributed by atoms with Crippen LogP contribution in [0.2, 0.25) is 0 Å². The first-order valence-corrected chi connectivity index (χ1v) is 5.76. The van der Waals surface area contributed by atoms with Crippen molar-refractivity contribution in [2.45, 2.75) is 45.4 Å². The van der Waals surface area contributed by atoms with Crippen molar-refractivity contribution in [3.05, 3.63) is 35.4 Å². The molecule has 2 atom stereocenters. The second-order valence-corrected chi connectivity index (χ2v) is 4.66. The molecule has 1 aromatic rings. The Morgan fingerprint density at radius 2 is 2.00 bits per heavy atom. The van der Waals surface area contributed by atoms with Crippen molar-refractivity contribution in [2.75, 3.05) is 0 Å². The molecule has 14 heavy (non-hydrogen) atoms. The van der Waals surface area contributed by atoms with Crippen LogP contribution in [0.15, 0.2) is 18.2 Å².